The van der Waals surface area contributed by atoms with Crippen LogP contribution < -0.4 is 10.1 Å². The van der Waals surface area contributed by atoms with Gasteiger partial charge in [0, 0.05) is 17.1 Å². The van der Waals surface area contributed by atoms with Crippen LogP contribution in [0.4, 0.5) is 0 Å². The van der Waals surface area contributed by atoms with Crippen LogP contribution in [0.3, 0.4) is 0 Å². The van der Waals surface area contributed by atoms with Crippen LogP contribution in [0.1, 0.15) is 32.3 Å². The van der Waals surface area contributed by atoms with E-state index in [0.29, 0.717) is 11.8 Å². The van der Waals surface area contributed by atoms with Crippen molar-refractivity contribution in [3.05, 3.63) is 28.2 Å². The van der Waals surface area contributed by atoms with Gasteiger partial charge in [-0.3, -0.25) is 4.79 Å². The lowest BCUT2D eigenvalue weighted by Crippen LogP contribution is -2.30. The molecule has 1 aromatic rings. The third kappa shape index (κ3) is 4.21. The predicted molar refractivity (Wildman–Crippen MR) is 80.9 cm³/mol. The van der Waals surface area contributed by atoms with E-state index >= 15 is 0 Å². The Kier molecular flexibility index (Phi) is 4.70. The molecule has 0 heterocycles. The summed E-state index contributed by atoms with van der Waals surface area (Å²) in [6, 6.07) is 6.39. The molecule has 1 fully saturated rings. The molecule has 2 N–H and O–H groups in total. The normalized spacial score (nSPS) is 15.2. The first-order valence-corrected chi connectivity index (χ1v) is 7.56. The molecule has 1 aliphatic rings. The quantitative estimate of drug-likeness (QED) is 0.799. The number of rotatable bonds is 7. The lowest BCUT2D eigenvalue weighted by atomic mass is 9.95. The minimum absolute atomic E-state index is 0.152. The van der Waals surface area contributed by atoms with Crippen LogP contribution in [0.25, 0.3) is 0 Å². The molecular weight excluding hydrogens is 322 g/mol. The number of nitrogens with one attached hydrogen (secondary N) is 1. The summed E-state index contributed by atoms with van der Waals surface area (Å²) >= 11 is 3.53. The van der Waals surface area contributed by atoms with Crippen molar-refractivity contribution < 1.29 is 14.6 Å². The van der Waals surface area contributed by atoms with Crippen LogP contribution in [-0.2, 0) is 11.3 Å². The van der Waals surface area contributed by atoms with Crippen molar-refractivity contribution in [1.82, 2.24) is 5.32 Å². The molecule has 0 aliphatic heterocycles. The number of hydrogen-bond acceptors (Lipinski definition) is 3. The smallest absolute Gasteiger partial charge is 0.312 e. The molecule has 2 rings (SSSR count). The molecule has 20 heavy (non-hydrogen) atoms. The molecule has 1 saturated carbocycles. The third-order valence-corrected chi connectivity index (χ3v) is 4.13. The monoisotopic (exact) mass is 341 g/mol. The Morgan fingerprint density at radius 3 is 2.80 bits per heavy atom. The van der Waals surface area contributed by atoms with Gasteiger partial charge >= 0.3 is 5.97 Å². The van der Waals surface area contributed by atoms with Gasteiger partial charge in [-0.1, -0.05) is 15.9 Å². The fourth-order valence-electron chi connectivity index (χ4n) is 1.64. The van der Waals surface area contributed by atoms with Crippen molar-refractivity contribution in [1.29, 1.82) is 0 Å². The van der Waals surface area contributed by atoms with Crippen LogP contribution in [-0.4, -0.2) is 23.7 Å². The highest BCUT2D eigenvalue weighted by Crippen LogP contribution is 2.26. The summed E-state index contributed by atoms with van der Waals surface area (Å²) in [5, 5.41) is 12.5. The van der Waals surface area contributed by atoms with E-state index in [1.807, 2.05) is 18.2 Å². The first-order valence-electron chi connectivity index (χ1n) is 6.76. The lowest BCUT2D eigenvalue weighted by molar-refractivity contribution is -0.148. The number of ether oxygens (including phenoxy) is 1. The lowest BCUT2D eigenvalue weighted by Gasteiger charge is -2.20. The average molecular weight is 342 g/mol. The Morgan fingerprint density at radius 2 is 2.20 bits per heavy atom. The molecular formula is C15H20BrNO3. The van der Waals surface area contributed by atoms with Gasteiger partial charge in [0.05, 0.1) is 5.41 Å². The van der Waals surface area contributed by atoms with E-state index in [1.165, 1.54) is 12.8 Å². The second-order valence-electron chi connectivity index (χ2n) is 5.89. The maximum atomic E-state index is 11.1. The molecule has 0 amide bonds. The molecule has 0 unspecified atom stereocenters. The summed E-state index contributed by atoms with van der Waals surface area (Å²) in [5.74, 6) is -0.152. The molecule has 0 bridgehead atoms. The highest BCUT2D eigenvalue weighted by Gasteiger charge is 2.28. The van der Waals surface area contributed by atoms with E-state index in [2.05, 4.69) is 21.2 Å². The van der Waals surface area contributed by atoms with Gasteiger partial charge in [-0.05, 0) is 50.5 Å². The number of carboxylic acid groups (broad SMARTS) is 1. The number of carbonyl (C=O) groups is 1. The first kappa shape index (κ1) is 15.3. The second-order valence-corrected chi connectivity index (χ2v) is 6.74. The highest BCUT2D eigenvalue weighted by molar-refractivity contribution is 9.10. The molecule has 4 nitrogen and oxygen atoms in total. The summed E-state index contributed by atoms with van der Waals surface area (Å²) in [4.78, 5) is 11.1. The second kappa shape index (κ2) is 6.14. The molecule has 0 atom stereocenters. The highest BCUT2D eigenvalue weighted by atomic mass is 79.9. The van der Waals surface area contributed by atoms with Crippen LogP contribution >= 0.6 is 15.9 Å². The van der Waals surface area contributed by atoms with Gasteiger partial charge < -0.3 is 15.2 Å². The first-order chi connectivity index (χ1) is 9.38. The topological polar surface area (TPSA) is 58.6 Å². The van der Waals surface area contributed by atoms with Crippen molar-refractivity contribution in [2.24, 2.45) is 5.41 Å². The Labute approximate surface area is 127 Å². The predicted octanol–water partition coefficient (Wildman–Crippen LogP) is 3.19. The fourth-order valence-corrected chi connectivity index (χ4v) is 2.03. The number of carboxylic acids is 1. The van der Waals surface area contributed by atoms with Crippen molar-refractivity contribution in [3.63, 3.8) is 0 Å². The zero-order valence-electron chi connectivity index (χ0n) is 11.8. The van der Waals surface area contributed by atoms with Crippen molar-refractivity contribution in [2.75, 3.05) is 6.61 Å². The van der Waals surface area contributed by atoms with Crippen molar-refractivity contribution in [3.8, 4) is 5.75 Å². The van der Waals surface area contributed by atoms with E-state index in [4.69, 9.17) is 9.84 Å². The van der Waals surface area contributed by atoms with Crippen molar-refractivity contribution >= 4 is 21.9 Å². The molecule has 0 spiro atoms. The molecule has 110 valence electrons. The van der Waals surface area contributed by atoms with Gasteiger partial charge in [0.2, 0.25) is 0 Å². The standard InChI is InChI=1S/C15H20BrNO3/c1-15(2,14(18)19)9-20-12-5-6-13(16)10(7-12)8-17-11-3-4-11/h5-7,11,17H,3-4,8-9H2,1-2H3,(H,18,19). The molecule has 0 radical (unpaired) electrons. The van der Waals surface area contributed by atoms with Crippen LogP contribution in [0, 0.1) is 5.41 Å². The van der Waals surface area contributed by atoms with Crippen molar-refractivity contribution in [2.45, 2.75) is 39.3 Å². The van der Waals surface area contributed by atoms with E-state index in [0.717, 1.165) is 16.6 Å². The summed E-state index contributed by atoms with van der Waals surface area (Å²) < 4.78 is 6.66. The van der Waals surface area contributed by atoms with Gasteiger partial charge in [0.25, 0.3) is 0 Å². The summed E-state index contributed by atoms with van der Waals surface area (Å²) in [5.41, 5.74) is 0.238. The Balaban J connectivity index is 1.97. The van der Waals surface area contributed by atoms with Gasteiger partial charge in [-0.2, -0.15) is 0 Å². The fraction of sp³-hybridized carbons (Fsp3) is 0.533. The summed E-state index contributed by atoms with van der Waals surface area (Å²) in [6.45, 7) is 4.26. The van der Waals surface area contributed by atoms with Crippen LogP contribution in [0.2, 0.25) is 0 Å². The van der Waals surface area contributed by atoms with Gasteiger partial charge in [-0.25, -0.2) is 0 Å². The van der Waals surface area contributed by atoms with Gasteiger partial charge in [-0.15, -0.1) is 0 Å². The van der Waals surface area contributed by atoms with Gasteiger partial charge in [0.15, 0.2) is 0 Å². The molecule has 1 aliphatic carbocycles. The van der Waals surface area contributed by atoms with E-state index < -0.39 is 11.4 Å². The average Bonchev–Trinajstić information content (AvgIpc) is 3.20. The van der Waals surface area contributed by atoms with E-state index in [-0.39, 0.29) is 6.61 Å². The molecule has 0 aromatic heterocycles. The zero-order chi connectivity index (χ0) is 14.8. The Hall–Kier alpha value is -1.07. The number of benzene rings is 1. The summed E-state index contributed by atoms with van der Waals surface area (Å²) in [7, 11) is 0. The molecule has 5 heteroatoms. The van der Waals surface area contributed by atoms with Crippen LogP contribution in [0.5, 0.6) is 5.75 Å². The largest absolute Gasteiger partial charge is 0.492 e. The number of hydrogen-bond donors (Lipinski definition) is 2. The minimum Gasteiger partial charge on any atom is -0.492 e. The van der Waals surface area contributed by atoms with Crippen LogP contribution in [0.15, 0.2) is 22.7 Å². The summed E-state index contributed by atoms with van der Waals surface area (Å²) in [6.07, 6.45) is 2.50. The molecule has 0 saturated heterocycles. The van der Waals surface area contributed by atoms with Gasteiger partial charge in [0.1, 0.15) is 12.4 Å². The third-order valence-electron chi connectivity index (χ3n) is 3.35. The maximum absolute atomic E-state index is 11.1. The number of halogens is 1. The van der Waals surface area contributed by atoms with E-state index in [9.17, 15) is 4.79 Å². The Bertz CT molecular complexity index is 498. The number of aliphatic carboxylic acids is 1. The zero-order valence-corrected chi connectivity index (χ0v) is 13.4. The maximum Gasteiger partial charge on any atom is 0.312 e. The Morgan fingerprint density at radius 1 is 1.50 bits per heavy atom. The van der Waals surface area contributed by atoms with E-state index in [1.54, 1.807) is 13.8 Å². The SMILES string of the molecule is CC(C)(COc1ccc(Br)c(CNC2CC2)c1)C(=O)O. The molecule has 1 aromatic carbocycles. The minimum atomic E-state index is -0.889.